The second kappa shape index (κ2) is 8.31. The minimum absolute atomic E-state index is 0.286. The monoisotopic (exact) mass is 338 g/mol. The van der Waals surface area contributed by atoms with Gasteiger partial charge in [0, 0.05) is 33.2 Å². The van der Waals surface area contributed by atoms with Crippen molar-refractivity contribution in [2.24, 2.45) is 10.9 Å². The van der Waals surface area contributed by atoms with Crippen LogP contribution in [-0.4, -0.2) is 52.5 Å². The van der Waals surface area contributed by atoms with Crippen LogP contribution in [0.4, 0.5) is 0 Å². The molecule has 128 valence electrons. The minimum Gasteiger partial charge on any atom is -0.355 e. The van der Waals surface area contributed by atoms with E-state index < -0.39 is 10.0 Å². The maximum atomic E-state index is 12.1. The van der Waals surface area contributed by atoms with Crippen LogP contribution in [0.1, 0.15) is 19.8 Å². The van der Waals surface area contributed by atoms with Crippen molar-refractivity contribution in [1.29, 1.82) is 0 Å². The maximum Gasteiger partial charge on any atom is 0.240 e. The summed E-state index contributed by atoms with van der Waals surface area (Å²) in [5.74, 6) is 1.61. The largest absolute Gasteiger partial charge is 0.355 e. The van der Waals surface area contributed by atoms with Crippen LogP contribution in [0.25, 0.3) is 0 Å². The van der Waals surface area contributed by atoms with Gasteiger partial charge in [-0.2, -0.15) is 0 Å². The molecule has 23 heavy (non-hydrogen) atoms. The van der Waals surface area contributed by atoms with Crippen LogP contribution < -0.4 is 10.0 Å². The normalized spacial score (nSPS) is 17.3. The molecule has 7 heteroatoms. The summed E-state index contributed by atoms with van der Waals surface area (Å²) >= 11 is 0. The standard InChI is InChI=1S/C16H26N4O2S/c1-14-8-12-20(13-9-14)16(17-2)18-10-11-19-23(21,22)15-6-4-3-5-7-15/h3-7,14,19H,8-13H2,1-2H3,(H,17,18). The Morgan fingerprint density at radius 3 is 2.48 bits per heavy atom. The number of nitrogens with one attached hydrogen (secondary N) is 2. The Labute approximate surface area is 139 Å². The Hall–Kier alpha value is -1.60. The molecule has 1 aromatic rings. The van der Waals surface area contributed by atoms with E-state index in [9.17, 15) is 8.42 Å². The summed E-state index contributed by atoms with van der Waals surface area (Å²) in [6.07, 6.45) is 2.34. The Kier molecular flexibility index (Phi) is 6.41. The molecule has 0 saturated carbocycles. The van der Waals surface area contributed by atoms with Crippen LogP contribution in [0.15, 0.2) is 40.2 Å². The first-order chi connectivity index (χ1) is 11.0. The van der Waals surface area contributed by atoms with Crippen molar-refractivity contribution in [3.63, 3.8) is 0 Å². The van der Waals surface area contributed by atoms with Crippen molar-refractivity contribution in [1.82, 2.24) is 14.9 Å². The molecular weight excluding hydrogens is 312 g/mol. The number of piperidine rings is 1. The van der Waals surface area contributed by atoms with E-state index in [-0.39, 0.29) is 4.90 Å². The minimum atomic E-state index is -3.44. The third-order valence-corrected chi connectivity index (χ3v) is 5.53. The summed E-state index contributed by atoms with van der Waals surface area (Å²) in [5, 5.41) is 3.23. The highest BCUT2D eigenvalue weighted by Gasteiger charge is 2.18. The Balaban J connectivity index is 1.78. The highest BCUT2D eigenvalue weighted by molar-refractivity contribution is 7.89. The number of benzene rings is 1. The number of sulfonamides is 1. The Bertz CT molecular complexity index is 608. The molecule has 0 unspecified atom stereocenters. The SMILES string of the molecule is CN=C(NCCNS(=O)(=O)c1ccccc1)N1CCC(C)CC1. The molecule has 1 heterocycles. The van der Waals surface area contributed by atoms with Gasteiger partial charge < -0.3 is 10.2 Å². The van der Waals surface area contributed by atoms with E-state index >= 15 is 0 Å². The first kappa shape index (κ1) is 17.7. The molecule has 0 aliphatic carbocycles. The summed E-state index contributed by atoms with van der Waals surface area (Å²) in [6, 6.07) is 8.40. The van der Waals surface area contributed by atoms with Gasteiger partial charge in [-0.05, 0) is 30.9 Å². The lowest BCUT2D eigenvalue weighted by molar-refractivity contribution is 0.273. The van der Waals surface area contributed by atoms with E-state index in [0.717, 1.165) is 25.0 Å². The van der Waals surface area contributed by atoms with Gasteiger partial charge in [-0.1, -0.05) is 25.1 Å². The molecule has 0 amide bonds. The zero-order valence-electron chi connectivity index (χ0n) is 13.8. The summed E-state index contributed by atoms with van der Waals surface area (Å²) in [6.45, 7) is 5.09. The van der Waals surface area contributed by atoms with Crippen LogP contribution in [-0.2, 0) is 10.0 Å². The third kappa shape index (κ3) is 5.21. The molecule has 2 N–H and O–H groups in total. The fraction of sp³-hybridized carbons (Fsp3) is 0.562. The van der Waals surface area contributed by atoms with E-state index in [1.807, 2.05) is 0 Å². The number of guanidine groups is 1. The van der Waals surface area contributed by atoms with Gasteiger partial charge >= 0.3 is 0 Å². The Morgan fingerprint density at radius 1 is 1.22 bits per heavy atom. The van der Waals surface area contributed by atoms with E-state index in [1.54, 1.807) is 37.4 Å². The van der Waals surface area contributed by atoms with Crippen LogP contribution in [0, 0.1) is 5.92 Å². The van der Waals surface area contributed by atoms with Crippen molar-refractivity contribution < 1.29 is 8.42 Å². The predicted octanol–water partition coefficient (Wildman–Crippen LogP) is 1.27. The second-order valence-corrected chi connectivity index (χ2v) is 7.62. The number of aliphatic imine (C=N–C) groups is 1. The molecule has 6 nitrogen and oxygen atoms in total. The van der Waals surface area contributed by atoms with Crippen molar-refractivity contribution in [3.8, 4) is 0 Å². The highest BCUT2D eigenvalue weighted by atomic mass is 32.2. The molecule has 0 aromatic heterocycles. The van der Waals surface area contributed by atoms with E-state index in [2.05, 4.69) is 26.9 Å². The lowest BCUT2D eigenvalue weighted by Gasteiger charge is -2.32. The van der Waals surface area contributed by atoms with Gasteiger partial charge in [0.25, 0.3) is 0 Å². The molecular formula is C16H26N4O2S. The van der Waals surface area contributed by atoms with Gasteiger partial charge in [0.05, 0.1) is 4.90 Å². The summed E-state index contributed by atoms with van der Waals surface area (Å²) in [7, 11) is -1.68. The molecule has 1 fully saturated rings. The zero-order valence-corrected chi connectivity index (χ0v) is 14.6. The fourth-order valence-corrected chi connectivity index (χ4v) is 3.65. The maximum absolute atomic E-state index is 12.1. The van der Waals surface area contributed by atoms with Gasteiger partial charge in [0.15, 0.2) is 5.96 Å². The fourth-order valence-electron chi connectivity index (χ4n) is 2.60. The van der Waals surface area contributed by atoms with Gasteiger partial charge in [-0.15, -0.1) is 0 Å². The van der Waals surface area contributed by atoms with E-state index in [4.69, 9.17) is 0 Å². The van der Waals surface area contributed by atoms with Crippen molar-refractivity contribution in [2.75, 3.05) is 33.2 Å². The average molecular weight is 338 g/mol. The first-order valence-corrected chi connectivity index (χ1v) is 9.51. The average Bonchev–Trinajstić information content (AvgIpc) is 2.57. The first-order valence-electron chi connectivity index (χ1n) is 8.03. The second-order valence-electron chi connectivity index (χ2n) is 5.85. The zero-order chi connectivity index (χ0) is 16.7. The van der Waals surface area contributed by atoms with Gasteiger partial charge in [-0.25, -0.2) is 13.1 Å². The molecule has 2 rings (SSSR count). The third-order valence-electron chi connectivity index (χ3n) is 4.05. The summed E-state index contributed by atoms with van der Waals surface area (Å²) in [4.78, 5) is 6.80. The van der Waals surface area contributed by atoms with Crippen LogP contribution in [0.5, 0.6) is 0 Å². The van der Waals surface area contributed by atoms with Crippen molar-refractivity contribution >= 4 is 16.0 Å². The molecule has 0 bridgehead atoms. The van der Waals surface area contributed by atoms with E-state index in [1.165, 1.54) is 12.8 Å². The topological polar surface area (TPSA) is 73.8 Å². The number of likely N-dealkylation sites (tertiary alicyclic amines) is 1. The predicted molar refractivity (Wildman–Crippen MR) is 93.0 cm³/mol. The summed E-state index contributed by atoms with van der Waals surface area (Å²) in [5.41, 5.74) is 0. The van der Waals surface area contributed by atoms with Gasteiger partial charge in [0.2, 0.25) is 10.0 Å². The van der Waals surface area contributed by atoms with Crippen LogP contribution in [0.3, 0.4) is 0 Å². The van der Waals surface area contributed by atoms with Gasteiger partial charge in [-0.3, -0.25) is 4.99 Å². The molecule has 0 atom stereocenters. The smallest absolute Gasteiger partial charge is 0.240 e. The number of hydrogen-bond acceptors (Lipinski definition) is 3. The van der Waals surface area contributed by atoms with Gasteiger partial charge in [0.1, 0.15) is 0 Å². The highest BCUT2D eigenvalue weighted by Crippen LogP contribution is 2.15. The van der Waals surface area contributed by atoms with Crippen molar-refractivity contribution in [2.45, 2.75) is 24.7 Å². The quantitative estimate of drug-likeness (QED) is 0.482. The van der Waals surface area contributed by atoms with Crippen molar-refractivity contribution in [3.05, 3.63) is 30.3 Å². The Morgan fingerprint density at radius 2 is 1.87 bits per heavy atom. The number of nitrogens with zero attached hydrogens (tertiary/aromatic N) is 2. The number of hydrogen-bond donors (Lipinski definition) is 2. The van der Waals surface area contributed by atoms with Crippen LogP contribution in [0.2, 0.25) is 0 Å². The lowest BCUT2D eigenvalue weighted by Crippen LogP contribution is -2.47. The van der Waals surface area contributed by atoms with E-state index in [0.29, 0.717) is 13.1 Å². The molecule has 1 aliphatic heterocycles. The molecule has 0 spiro atoms. The molecule has 1 aromatic carbocycles. The number of rotatable bonds is 5. The molecule has 1 saturated heterocycles. The lowest BCUT2D eigenvalue weighted by atomic mass is 10.00. The summed E-state index contributed by atoms with van der Waals surface area (Å²) < 4.78 is 26.8. The van der Waals surface area contributed by atoms with Crippen LogP contribution >= 0.6 is 0 Å². The molecule has 1 aliphatic rings. The molecule has 0 radical (unpaired) electrons.